The van der Waals surface area contributed by atoms with E-state index in [9.17, 15) is 4.79 Å². The van der Waals surface area contributed by atoms with Gasteiger partial charge in [-0.2, -0.15) is 0 Å². The highest BCUT2D eigenvalue weighted by atomic mass is 79.9. The van der Waals surface area contributed by atoms with Crippen LogP contribution in [0.4, 0.5) is 0 Å². The Labute approximate surface area is 143 Å². The van der Waals surface area contributed by atoms with Crippen LogP contribution in [0, 0.1) is 0 Å². The first kappa shape index (κ1) is 16.7. The minimum atomic E-state index is -0.0917. The van der Waals surface area contributed by atoms with E-state index < -0.39 is 0 Å². The van der Waals surface area contributed by atoms with Gasteiger partial charge in [-0.15, -0.1) is 0 Å². The Balaban J connectivity index is 1.88. The molecule has 4 nitrogen and oxygen atoms in total. The molecule has 0 aromatic heterocycles. The molecule has 1 amide bonds. The first-order valence-electron chi connectivity index (χ1n) is 6.71. The zero-order valence-corrected chi connectivity index (χ0v) is 14.6. The van der Waals surface area contributed by atoms with Gasteiger partial charge >= 0.3 is 0 Å². The van der Waals surface area contributed by atoms with E-state index in [-0.39, 0.29) is 11.9 Å². The topological polar surface area (TPSA) is 58.4 Å². The van der Waals surface area contributed by atoms with Gasteiger partial charge in [0.2, 0.25) is 0 Å². The van der Waals surface area contributed by atoms with Crippen LogP contribution >= 0.6 is 39.7 Å². The second-order valence-electron chi connectivity index (χ2n) is 5.15. The van der Waals surface area contributed by atoms with Crippen molar-refractivity contribution in [3.63, 3.8) is 0 Å². The molecule has 1 saturated heterocycles. The molecule has 0 radical (unpaired) electrons. The SMILES string of the molecule is NC(=S)CN1CCC(NC(=O)c2cc(Cl)cc(Br)c2)CC1. The van der Waals surface area contributed by atoms with Crippen molar-refractivity contribution in [1.29, 1.82) is 0 Å². The first-order valence-corrected chi connectivity index (χ1v) is 8.29. The zero-order chi connectivity index (χ0) is 15.4. The fourth-order valence-electron chi connectivity index (χ4n) is 2.41. The summed E-state index contributed by atoms with van der Waals surface area (Å²) in [6.45, 7) is 2.43. The molecule has 114 valence electrons. The maximum absolute atomic E-state index is 12.2. The van der Waals surface area contributed by atoms with Crippen molar-refractivity contribution in [3.05, 3.63) is 33.3 Å². The van der Waals surface area contributed by atoms with E-state index in [0.717, 1.165) is 30.4 Å². The summed E-state index contributed by atoms with van der Waals surface area (Å²) >= 11 is 14.2. The zero-order valence-electron chi connectivity index (χ0n) is 11.4. The van der Waals surface area contributed by atoms with Gasteiger partial charge in [-0.05, 0) is 31.0 Å². The van der Waals surface area contributed by atoms with E-state index >= 15 is 0 Å². The van der Waals surface area contributed by atoms with Crippen LogP contribution in [-0.2, 0) is 0 Å². The lowest BCUT2D eigenvalue weighted by atomic mass is 10.0. The van der Waals surface area contributed by atoms with Gasteiger partial charge in [0.15, 0.2) is 0 Å². The minimum absolute atomic E-state index is 0.0917. The van der Waals surface area contributed by atoms with Gasteiger partial charge in [-0.1, -0.05) is 39.7 Å². The lowest BCUT2D eigenvalue weighted by Gasteiger charge is -2.32. The summed E-state index contributed by atoms with van der Waals surface area (Å²) in [7, 11) is 0. The van der Waals surface area contributed by atoms with Gasteiger partial charge in [-0.25, -0.2) is 0 Å². The van der Waals surface area contributed by atoms with Gasteiger partial charge < -0.3 is 11.1 Å². The molecule has 1 aliphatic heterocycles. The van der Waals surface area contributed by atoms with Crippen molar-refractivity contribution in [1.82, 2.24) is 10.2 Å². The summed E-state index contributed by atoms with van der Waals surface area (Å²) in [5, 5.41) is 3.60. The molecule has 1 fully saturated rings. The van der Waals surface area contributed by atoms with Gasteiger partial charge in [0.05, 0.1) is 4.99 Å². The molecular weight excluding hydrogens is 374 g/mol. The lowest BCUT2D eigenvalue weighted by Crippen LogP contribution is -2.46. The summed E-state index contributed by atoms with van der Waals surface area (Å²) in [6, 6.07) is 5.37. The molecule has 3 N–H and O–H groups in total. The molecule has 0 atom stereocenters. The predicted molar refractivity (Wildman–Crippen MR) is 92.9 cm³/mol. The van der Waals surface area contributed by atoms with E-state index in [1.54, 1.807) is 18.2 Å². The molecule has 0 unspecified atom stereocenters. The highest BCUT2D eigenvalue weighted by molar-refractivity contribution is 9.10. The number of rotatable bonds is 4. The van der Waals surface area contributed by atoms with Crippen LogP contribution in [0.1, 0.15) is 23.2 Å². The summed E-state index contributed by atoms with van der Waals surface area (Å²) < 4.78 is 0.798. The van der Waals surface area contributed by atoms with Crippen LogP contribution in [0.15, 0.2) is 22.7 Å². The van der Waals surface area contributed by atoms with Crippen LogP contribution in [0.5, 0.6) is 0 Å². The number of hydrogen-bond donors (Lipinski definition) is 2. The van der Waals surface area contributed by atoms with Crippen LogP contribution in [0.2, 0.25) is 5.02 Å². The number of hydrogen-bond acceptors (Lipinski definition) is 3. The number of benzene rings is 1. The monoisotopic (exact) mass is 389 g/mol. The second-order valence-corrected chi connectivity index (χ2v) is 7.02. The average molecular weight is 391 g/mol. The molecule has 1 heterocycles. The summed E-state index contributed by atoms with van der Waals surface area (Å²) in [6.07, 6.45) is 1.80. The Hall–Kier alpha value is -0.690. The van der Waals surface area contributed by atoms with Gasteiger partial charge in [0, 0.05) is 40.7 Å². The average Bonchev–Trinajstić information content (AvgIpc) is 2.39. The number of carbonyl (C=O) groups excluding carboxylic acids is 1. The van der Waals surface area contributed by atoms with Crippen LogP contribution in [0.25, 0.3) is 0 Å². The Morgan fingerprint density at radius 3 is 2.67 bits per heavy atom. The van der Waals surface area contributed by atoms with Crippen LogP contribution in [-0.4, -0.2) is 41.5 Å². The van der Waals surface area contributed by atoms with Crippen LogP contribution in [0.3, 0.4) is 0 Å². The number of carbonyl (C=O) groups is 1. The molecule has 0 saturated carbocycles. The largest absolute Gasteiger partial charge is 0.392 e. The minimum Gasteiger partial charge on any atom is -0.392 e. The summed E-state index contributed by atoms with van der Waals surface area (Å²) in [5.41, 5.74) is 6.12. The van der Waals surface area contributed by atoms with Crippen molar-refractivity contribution < 1.29 is 4.79 Å². The second kappa shape index (κ2) is 7.54. The number of amides is 1. The highest BCUT2D eigenvalue weighted by Crippen LogP contribution is 2.20. The molecule has 0 spiro atoms. The molecule has 1 aromatic rings. The number of nitrogens with two attached hydrogens (primary N) is 1. The summed E-state index contributed by atoms with van der Waals surface area (Å²) in [5.74, 6) is -0.0917. The van der Waals surface area contributed by atoms with E-state index in [2.05, 4.69) is 26.1 Å². The maximum atomic E-state index is 12.2. The Bertz CT molecular complexity index is 527. The quantitative estimate of drug-likeness (QED) is 0.776. The van der Waals surface area contributed by atoms with Crippen molar-refractivity contribution in [2.75, 3.05) is 19.6 Å². The van der Waals surface area contributed by atoms with E-state index in [0.29, 0.717) is 22.1 Å². The lowest BCUT2D eigenvalue weighted by molar-refractivity contribution is 0.0915. The fraction of sp³-hybridized carbons (Fsp3) is 0.429. The number of halogens is 2. The Kier molecular flexibility index (Phi) is 5.98. The Morgan fingerprint density at radius 2 is 2.10 bits per heavy atom. The Morgan fingerprint density at radius 1 is 1.43 bits per heavy atom. The standard InChI is InChI=1S/C14H17BrClN3OS/c15-10-5-9(6-11(16)7-10)14(20)18-12-1-3-19(4-2-12)8-13(17)21/h5-7,12H,1-4,8H2,(H2,17,21)(H,18,20). The summed E-state index contributed by atoms with van der Waals surface area (Å²) in [4.78, 5) is 15.0. The number of nitrogens with zero attached hydrogens (tertiary/aromatic N) is 1. The van der Waals surface area contributed by atoms with E-state index in [1.165, 1.54) is 0 Å². The smallest absolute Gasteiger partial charge is 0.251 e. The third-order valence-corrected chi connectivity index (χ3v) is 4.23. The molecule has 21 heavy (non-hydrogen) atoms. The number of nitrogens with one attached hydrogen (secondary N) is 1. The molecule has 1 aromatic carbocycles. The third kappa shape index (κ3) is 5.21. The number of thiocarbonyl (C=S) groups is 1. The van der Waals surface area contributed by atoms with E-state index in [4.69, 9.17) is 29.6 Å². The highest BCUT2D eigenvalue weighted by Gasteiger charge is 2.21. The molecule has 1 aliphatic rings. The third-order valence-electron chi connectivity index (χ3n) is 3.43. The molecule has 0 aliphatic carbocycles. The molecular formula is C14H17BrClN3OS. The first-order chi connectivity index (χ1) is 9.94. The van der Waals surface area contributed by atoms with Gasteiger partial charge in [0.1, 0.15) is 0 Å². The normalized spacial score (nSPS) is 16.7. The number of likely N-dealkylation sites (tertiary alicyclic amines) is 1. The molecule has 2 rings (SSSR count). The van der Waals surface area contributed by atoms with Gasteiger partial charge in [-0.3, -0.25) is 9.69 Å². The van der Waals surface area contributed by atoms with E-state index in [1.807, 2.05) is 0 Å². The van der Waals surface area contributed by atoms with Crippen molar-refractivity contribution in [2.45, 2.75) is 18.9 Å². The van der Waals surface area contributed by atoms with Crippen molar-refractivity contribution in [2.24, 2.45) is 5.73 Å². The molecule has 0 bridgehead atoms. The molecule has 7 heteroatoms. The van der Waals surface area contributed by atoms with Crippen molar-refractivity contribution in [3.8, 4) is 0 Å². The van der Waals surface area contributed by atoms with Crippen LogP contribution < -0.4 is 11.1 Å². The van der Waals surface area contributed by atoms with Crippen molar-refractivity contribution >= 4 is 50.6 Å². The van der Waals surface area contributed by atoms with Gasteiger partial charge in [0.25, 0.3) is 5.91 Å². The maximum Gasteiger partial charge on any atom is 0.251 e. The fourth-order valence-corrected chi connectivity index (χ4v) is 3.45. The predicted octanol–water partition coefficient (Wildman–Crippen LogP) is 2.58. The number of piperidine rings is 1.